The smallest absolute Gasteiger partial charge is 0.358 e. The number of anilines is 1. The van der Waals surface area contributed by atoms with Crippen molar-refractivity contribution >= 4 is 22.4 Å². The highest BCUT2D eigenvalue weighted by Gasteiger charge is 2.16. The number of carbonyl (C=O) groups is 1. The number of nitrogens with one attached hydrogen (secondary N) is 1. The lowest BCUT2D eigenvalue weighted by molar-refractivity contribution is 0.0519. The van der Waals surface area contributed by atoms with Gasteiger partial charge >= 0.3 is 5.97 Å². The van der Waals surface area contributed by atoms with Gasteiger partial charge in [0, 0.05) is 23.7 Å². The minimum absolute atomic E-state index is 0.343. The third kappa shape index (κ3) is 3.91. The molecule has 0 saturated carbocycles. The molecule has 0 aromatic carbocycles. The number of esters is 1. The normalized spacial score (nSPS) is 10.2. The summed E-state index contributed by atoms with van der Waals surface area (Å²) in [5.41, 5.74) is 1.39. The predicted molar refractivity (Wildman–Crippen MR) is 80.9 cm³/mol. The van der Waals surface area contributed by atoms with Crippen molar-refractivity contribution in [2.24, 2.45) is 0 Å². The van der Waals surface area contributed by atoms with E-state index in [9.17, 15) is 4.79 Å². The second kappa shape index (κ2) is 7.03. The van der Waals surface area contributed by atoms with Crippen LogP contribution >= 0.6 is 11.3 Å². The van der Waals surface area contributed by atoms with Crippen LogP contribution in [0, 0.1) is 6.92 Å². The molecule has 2 rings (SSSR count). The fourth-order valence-corrected chi connectivity index (χ4v) is 2.51. The molecular weight excluding hydrogens is 290 g/mol. The molecule has 0 aliphatic carbocycles. The van der Waals surface area contributed by atoms with Gasteiger partial charge in [-0.3, -0.25) is 0 Å². The number of pyridine rings is 1. The molecule has 0 fully saturated rings. The summed E-state index contributed by atoms with van der Waals surface area (Å²) in [5.74, 6) is 0.182. The number of hydrogen-bond donors (Lipinski definition) is 1. The number of hydrogen-bond acceptors (Lipinski definition) is 7. The summed E-state index contributed by atoms with van der Waals surface area (Å²) in [5, 5.41) is 3.87. The molecule has 0 spiro atoms. The summed E-state index contributed by atoms with van der Waals surface area (Å²) in [7, 11) is 1.58. The maximum Gasteiger partial charge on any atom is 0.358 e. The minimum Gasteiger partial charge on any atom is -0.481 e. The van der Waals surface area contributed by atoms with Gasteiger partial charge in [0.15, 0.2) is 10.8 Å². The number of rotatable bonds is 6. The number of aryl methyl sites for hydroxylation is 1. The lowest BCUT2D eigenvalue weighted by atomic mass is 10.3. The Morgan fingerprint density at radius 3 is 3.00 bits per heavy atom. The first-order valence-electron chi connectivity index (χ1n) is 6.51. The summed E-state index contributed by atoms with van der Waals surface area (Å²) in [6, 6.07) is 3.74. The molecule has 2 aromatic rings. The Bertz CT molecular complexity index is 628. The fourth-order valence-electron chi connectivity index (χ4n) is 1.71. The van der Waals surface area contributed by atoms with Crippen LogP contribution in [0.2, 0.25) is 0 Å². The summed E-state index contributed by atoms with van der Waals surface area (Å²) < 4.78 is 10.0. The van der Waals surface area contributed by atoms with Crippen LogP contribution in [0.5, 0.6) is 5.88 Å². The first-order valence-corrected chi connectivity index (χ1v) is 7.33. The van der Waals surface area contributed by atoms with Gasteiger partial charge in [-0.05, 0) is 25.5 Å². The molecule has 0 bridgehead atoms. The van der Waals surface area contributed by atoms with E-state index in [-0.39, 0.29) is 5.97 Å². The predicted octanol–water partition coefficient (Wildman–Crippen LogP) is 2.64. The number of methoxy groups -OCH3 is 1. The molecule has 0 unspecified atom stereocenters. The van der Waals surface area contributed by atoms with Crippen LogP contribution in [0.3, 0.4) is 0 Å². The lowest BCUT2D eigenvalue weighted by Gasteiger charge is -2.04. The molecule has 7 heteroatoms. The van der Waals surface area contributed by atoms with Crippen LogP contribution in [0.1, 0.15) is 27.9 Å². The first-order chi connectivity index (χ1) is 10.1. The van der Waals surface area contributed by atoms with Crippen molar-refractivity contribution in [1.29, 1.82) is 0 Å². The second-order valence-corrected chi connectivity index (χ2v) is 5.41. The van der Waals surface area contributed by atoms with Crippen molar-refractivity contribution in [2.75, 3.05) is 19.0 Å². The van der Waals surface area contributed by atoms with Crippen LogP contribution in [0.25, 0.3) is 0 Å². The molecular formula is C14H17N3O3S. The fraction of sp³-hybridized carbons (Fsp3) is 0.357. The molecule has 0 atom stereocenters. The first kappa shape index (κ1) is 15.2. The molecule has 0 saturated heterocycles. The number of aromatic nitrogens is 2. The SMILES string of the molecule is CCOC(=O)c1nc(NCc2ccnc(OC)c2)sc1C. The monoisotopic (exact) mass is 307 g/mol. The summed E-state index contributed by atoms with van der Waals surface area (Å²) in [4.78, 5) is 20.9. The van der Waals surface area contributed by atoms with Crippen LogP contribution < -0.4 is 10.1 Å². The molecule has 21 heavy (non-hydrogen) atoms. The molecule has 2 aromatic heterocycles. The van der Waals surface area contributed by atoms with Gasteiger partial charge in [0.05, 0.1) is 13.7 Å². The van der Waals surface area contributed by atoms with Gasteiger partial charge in [-0.1, -0.05) is 0 Å². The molecule has 1 N–H and O–H groups in total. The molecule has 0 radical (unpaired) electrons. The Hall–Kier alpha value is -2.15. The Labute approximate surface area is 127 Å². The van der Waals surface area contributed by atoms with Gasteiger partial charge in [0.25, 0.3) is 0 Å². The quantitative estimate of drug-likeness (QED) is 0.827. The van der Waals surface area contributed by atoms with Crippen LogP contribution in [-0.2, 0) is 11.3 Å². The van der Waals surface area contributed by atoms with E-state index in [1.807, 2.05) is 19.1 Å². The summed E-state index contributed by atoms with van der Waals surface area (Å²) in [6.45, 7) is 4.55. The van der Waals surface area contributed by atoms with Gasteiger partial charge in [-0.2, -0.15) is 0 Å². The van der Waals surface area contributed by atoms with E-state index in [1.54, 1.807) is 20.2 Å². The van der Waals surface area contributed by atoms with Crippen LogP contribution in [0.4, 0.5) is 5.13 Å². The van der Waals surface area contributed by atoms with E-state index in [2.05, 4.69) is 15.3 Å². The van der Waals surface area contributed by atoms with E-state index in [1.165, 1.54) is 11.3 Å². The van der Waals surface area contributed by atoms with Gasteiger partial charge in [-0.25, -0.2) is 14.8 Å². The third-order valence-corrected chi connectivity index (χ3v) is 3.65. The van der Waals surface area contributed by atoms with E-state index in [0.717, 1.165) is 10.4 Å². The zero-order chi connectivity index (χ0) is 15.2. The lowest BCUT2D eigenvalue weighted by Crippen LogP contribution is -2.07. The molecule has 6 nitrogen and oxygen atoms in total. The Morgan fingerprint density at radius 2 is 2.29 bits per heavy atom. The molecule has 0 aliphatic heterocycles. The van der Waals surface area contributed by atoms with Crippen molar-refractivity contribution in [2.45, 2.75) is 20.4 Å². The molecule has 112 valence electrons. The Balaban J connectivity index is 2.03. The van der Waals surface area contributed by atoms with Crippen molar-refractivity contribution in [1.82, 2.24) is 9.97 Å². The van der Waals surface area contributed by atoms with E-state index >= 15 is 0 Å². The van der Waals surface area contributed by atoms with Gasteiger partial charge in [0.2, 0.25) is 5.88 Å². The molecule has 0 aliphatic rings. The topological polar surface area (TPSA) is 73.3 Å². The minimum atomic E-state index is -0.384. The third-order valence-electron chi connectivity index (χ3n) is 2.72. The molecule has 0 amide bonds. The standard InChI is InChI=1S/C14H17N3O3S/c1-4-20-13(18)12-9(2)21-14(17-12)16-8-10-5-6-15-11(7-10)19-3/h5-7H,4,8H2,1-3H3,(H,16,17). The zero-order valence-electron chi connectivity index (χ0n) is 12.2. The zero-order valence-corrected chi connectivity index (χ0v) is 13.0. The summed E-state index contributed by atoms with van der Waals surface area (Å²) >= 11 is 1.43. The molecule has 2 heterocycles. The van der Waals surface area contributed by atoms with E-state index < -0.39 is 0 Å². The number of nitrogens with zero attached hydrogens (tertiary/aromatic N) is 2. The summed E-state index contributed by atoms with van der Waals surface area (Å²) in [6.07, 6.45) is 1.69. The van der Waals surface area contributed by atoms with Crippen molar-refractivity contribution in [3.8, 4) is 5.88 Å². The van der Waals surface area contributed by atoms with Crippen molar-refractivity contribution < 1.29 is 14.3 Å². The van der Waals surface area contributed by atoms with Gasteiger partial charge in [-0.15, -0.1) is 11.3 Å². The number of ether oxygens (including phenoxy) is 2. The average molecular weight is 307 g/mol. The maximum absolute atomic E-state index is 11.7. The number of thiazole rings is 1. The van der Waals surface area contributed by atoms with Crippen LogP contribution in [-0.4, -0.2) is 29.7 Å². The number of carbonyl (C=O) groups excluding carboxylic acids is 1. The highest BCUT2D eigenvalue weighted by atomic mass is 32.1. The highest BCUT2D eigenvalue weighted by molar-refractivity contribution is 7.15. The highest BCUT2D eigenvalue weighted by Crippen LogP contribution is 2.23. The van der Waals surface area contributed by atoms with Crippen molar-refractivity contribution in [3.05, 3.63) is 34.5 Å². The second-order valence-electron chi connectivity index (χ2n) is 4.20. The van der Waals surface area contributed by atoms with Crippen LogP contribution in [0.15, 0.2) is 18.3 Å². The Morgan fingerprint density at radius 1 is 1.48 bits per heavy atom. The van der Waals surface area contributed by atoms with E-state index in [4.69, 9.17) is 9.47 Å². The largest absolute Gasteiger partial charge is 0.481 e. The van der Waals surface area contributed by atoms with Crippen molar-refractivity contribution in [3.63, 3.8) is 0 Å². The van der Waals surface area contributed by atoms with Gasteiger partial charge in [0.1, 0.15) is 0 Å². The Kier molecular flexibility index (Phi) is 5.10. The van der Waals surface area contributed by atoms with Gasteiger partial charge < -0.3 is 14.8 Å². The van der Waals surface area contributed by atoms with E-state index in [0.29, 0.717) is 29.9 Å². The average Bonchev–Trinajstić information content (AvgIpc) is 2.87. The maximum atomic E-state index is 11.7.